The Labute approximate surface area is 86.6 Å². The number of nitrogens with one attached hydrogen (secondary N) is 1. The van der Waals surface area contributed by atoms with Gasteiger partial charge in [0.25, 0.3) is 0 Å². The van der Waals surface area contributed by atoms with Gasteiger partial charge in [-0.1, -0.05) is 0 Å². The topological polar surface area (TPSA) is 42.7 Å². The van der Waals surface area contributed by atoms with Crippen LogP contribution in [0.1, 0.15) is 10.7 Å². The molecule has 0 saturated heterocycles. The van der Waals surface area contributed by atoms with Crippen LogP contribution in [0.4, 0.5) is 5.95 Å². The van der Waals surface area contributed by atoms with Crippen LogP contribution in [0.5, 0.6) is 0 Å². The first-order chi connectivity index (χ1) is 6.75. The van der Waals surface area contributed by atoms with Gasteiger partial charge in [-0.2, -0.15) is 0 Å². The third-order valence-corrected chi connectivity index (χ3v) is 2.85. The smallest absolute Gasteiger partial charge is 0.202 e. The first-order valence-electron chi connectivity index (χ1n) is 4.38. The molecule has 5 heteroatoms. The molecule has 0 aliphatic carbocycles. The SMILES string of the molecule is Cc1csc(CNc2nccn2C)n1. The summed E-state index contributed by atoms with van der Waals surface area (Å²) < 4.78 is 1.94. The van der Waals surface area contributed by atoms with Gasteiger partial charge in [0.1, 0.15) is 5.01 Å². The molecular formula is C9H12N4S. The number of aromatic nitrogens is 3. The normalized spacial score (nSPS) is 10.4. The van der Waals surface area contributed by atoms with Crippen LogP contribution in [0.3, 0.4) is 0 Å². The minimum atomic E-state index is 0.739. The molecule has 0 atom stereocenters. The molecule has 1 N–H and O–H groups in total. The van der Waals surface area contributed by atoms with Crippen molar-refractivity contribution >= 4 is 17.3 Å². The van der Waals surface area contributed by atoms with Crippen molar-refractivity contribution in [2.75, 3.05) is 5.32 Å². The van der Waals surface area contributed by atoms with Crippen LogP contribution < -0.4 is 5.32 Å². The van der Waals surface area contributed by atoms with Crippen molar-refractivity contribution < 1.29 is 0 Å². The number of nitrogens with zero attached hydrogens (tertiary/aromatic N) is 3. The van der Waals surface area contributed by atoms with E-state index in [1.165, 1.54) is 0 Å². The minimum Gasteiger partial charge on any atom is -0.349 e. The zero-order valence-electron chi connectivity index (χ0n) is 8.19. The molecule has 0 fully saturated rings. The maximum absolute atomic E-state index is 4.36. The van der Waals surface area contributed by atoms with E-state index in [1.807, 2.05) is 24.7 Å². The van der Waals surface area contributed by atoms with Gasteiger partial charge in [0, 0.05) is 30.5 Å². The molecule has 0 spiro atoms. The van der Waals surface area contributed by atoms with Crippen LogP contribution in [-0.2, 0) is 13.6 Å². The molecule has 74 valence electrons. The summed E-state index contributed by atoms with van der Waals surface area (Å²) in [4.78, 5) is 8.53. The summed E-state index contributed by atoms with van der Waals surface area (Å²) >= 11 is 1.67. The Hall–Kier alpha value is -1.36. The number of imidazole rings is 1. The third-order valence-electron chi connectivity index (χ3n) is 1.89. The summed E-state index contributed by atoms with van der Waals surface area (Å²) in [6, 6.07) is 0. The fraction of sp³-hybridized carbons (Fsp3) is 0.333. The van der Waals surface area contributed by atoms with E-state index in [9.17, 15) is 0 Å². The summed E-state index contributed by atoms with van der Waals surface area (Å²) in [6.07, 6.45) is 3.69. The van der Waals surface area contributed by atoms with E-state index in [2.05, 4.69) is 20.7 Å². The van der Waals surface area contributed by atoms with Gasteiger partial charge >= 0.3 is 0 Å². The summed E-state index contributed by atoms with van der Waals surface area (Å²) in [7, 11) is 1.96. The van der Waals surface area contributed by atoms with E-state index in [-0.39, 0.29) is 0 Å². The van der Waals surface area contributed by atoms with E-state index in [0.29, 0.717) is 0 Å². The molecule has 0 bridgehead atoms. The molecule has 2 aromatic rings. The molecular weight excluding hydrogens is 196 g/mol. The highest BCUT2D eigenvalue weighted by molar-refractivity contribution is 7.09. The Balaban J connectivity index is 1.98. The number of anilines is 1. The second kappa shape index (κ2) is 3.79. The third kappa shape index (κ3) is 1.93. The Morgan fingerprint density at radius 1 is 1.57 bits per heavy atom. The summed E-state index contributed by atoms with van der Waals surface area (Å²) in [5, 5.41) is 6.36. The van der Waals surface area contributed by atoms with Gasteiger partial charge in [-0.15, -0.1) is 11.3 Å². The molecule has 0 amide bonds. The van der Waals surface area contributed by atoms with Gasteiger partial charge in [0.05, 0.1) is 6.54 Å². The average Bonchev–Trinajstić information content (AvgIpc) is 2.72. The van der Waals surface area contributed by atoms with Crippen molar-refractivity contribution in [2.45, 2.75) is 13.5 Å². The molecule has 0 saturated carbocycles. The van der Waals surface area contributed by atoms with Crippen LogP contribution in [0.15, 0.2) is 17.8 Å². The van der Waals surface area contributed by atoms with E-state index in [1.54, 1.807) is 17.5 Å². The first kappa shape index (κ1) is 9.21. The predicted octanol–water partition coefficient (Wildman–Crippen LogP) is 1.80. The number of hydrogen-bond donors (Lipinski definition) is 1. The fourth-order valence-electron chi connectivity index (χ4n) is 1.17. The lowest BCUT2D eigenvalue weighted by molar-refractivity contribution is 0.897. The second-order valence-electron chi connectivity index (χ2n) is 3.10. The van der Waals surface area contributed by atoms with Crippen molar-refractivity contribution in [1.29, 1.82) is 0 Å². The molecule has 2 heterocycles. The van der Waals surface area contributed by atoms with Gasteiger partial charge in [-0.05, 0) is 6.92 Å². The lowest BCUT2D eigenvalue weighted by Gasteiger charge is -2.02. The van der Waals surface area contributed by atoms with Crippen molar-refractivity contribution in [2.24, 2.45) is 7.05 Å². The Kier molecular flexibility index (Phi) is 2.49. The number of aryl methyl sites for hydroxylation is 2. The number of rotatable bonds is 3. The van der Waals surface area contributed by atoms with Crippen LogP contribution in [0, 0.1) is 6.92 Å². The fourth-order valence-corrected chi connectivity index (χ4v) is 1.89. The molecule has 0 unspecified atom stereocenters. The maximum atomic E-state index is 4.36. The minimum absolute atomic E-state index is 0.739. The monoisotopic (exact) mass is 208 g/mol. The van der Waals surface area contributed by atoms with Crippen molar-refractivity contribution in [3.63, 3.8) is 0 Å². The van der Waals surface area contributed by atoms with E-state index in [0.717, 1.165) is 23.2 Å². The molecule has 0 aromatic carbocycles. The van der Waals surface area contributed by atoms with E-state index < -0.39 is 0 Å². The molecule has 2 rings (SSSR count). The molecule has 0 aliphatic heterocycles. The molecule has 0 radical (unpaired) electrons. The van der Waals surface area contributed by atoms with E-state index >= 15 is 0 Å². The van der Waals surface area contributed by atoms with Gasteiger partial charge < -0.3 is 9.88 Å². The lowest BCUT2D eigenvalue weighted by atomic mass is 10.6. The van der Waals surface area contributed by atoms with Crippen molar-refractivity contribution in [3.8, 4) is 0 Å². The Morgan fingerprint density at radius 2 is 2.43 bits per heavy atom. The van der Waals surface area contributed by atoms with Crippen LogP contribution in [0.25, 0.3) is 0 Å². The van der Waals surface area contributed by atoms with Crippen LogP contribution >= 0.6 is 11.3 Å². The number of hydrogen-bond acceptors (Lipinski definition) is 4. The highest BCUT2D eigenvalue weighted by atomic mass is 32.1. The zero-order chi connectivity index (χ0) is 9.97. The molecule has 14 heavy (non-hydrogen) atoms. The highest BCUT2D eigenvalue weighted by Crippen LogP contribution is 2.10. The van der Waals surface area contributed by atoms with Crippen molar-refractivity contribution in [1.82, 2.24) is 14.5 Å². The standard InChI is InChI=1S/C9H12N4S/c1-7-6-14-8(12-7)5-11-9-10-3-4-13(9)2/h3-4,6H,5H2,1-2H3,(H,10,11). The predicted molar refractivity (Wildman–Crippen MR) is 57.4 cm³/mol. The average molecular weight is 208 g/mol. The van der Waals surface area contributed by atoms with Gasteiger partial charge in [0.2, 0.25) is 5.95 Å². The van der Waals surface area contributed by atoms with Gasteiger partial charge in [0.15, 0.2) is 0 Å². The Morgan fingerprint density at radius 3 is 3.00 bits per heavy atom. The summed E-state index contributed by atoms with van der Waals surface area (Å²) in [5.74, 6) is 0.873. The van der Waals surface area contributed by atoms with E-state index in [4.69, 9.17) is 0 Å². The van der Waals surface area contributed by atoms with Gasteiger partial charge in [-0.3, -0.25) is 0 Å². The largest absolute Gasteiger partial charge is 0.349 e. The Bertz CT molecular complexity index is 418. The molecule has 2 aromatic heterocycles. The van der Waals surface area contributed by atoms with Crippen LogP contribution in [-0.4, -0.2) is 14.5 Å². The van der Waals surface area contributed by atoms with Gasteiger partial charge in [-0.25, -0.2) is 9.97 Å². The maximum Gasteiger partial charge on any atom is 0.202 e. The number of thiazole rings is 1. The molecule has 0 aliphatic rings. The zero-order valence-corrected chi connectivity index (χ0v) is 9.01. The molecule has 4 nitrogen and oxygen atoms in total. The summed E-state index contributed by atoms with van der Waals surface area (Å²) in [6.45, 7) is 2.74. The van der Waals surface area contributed by atoms with Crippen LogP contribution in [0.2, 0.25) is 0 Å². The second-order valence-corrected chi connectivity index (χ2v) is 4.04. The highest BCUT2D eigenvalue weighted by Gasteiger charge is 2.00. The summed E-state index contributed by atoms with van der Waals surface area (Å²) in [5.41, 5.74) is 1.08. The quantitative estimate of drug-likeness (QED) is 0.836. The van der Waals surface area contributed by atoms with Crippen molar-refractivity contribution in [3.05, 3.63) is 28.5 Å². The lowest BCUT2D eigenvalue weighted by Crippen LogP contribution is -2.04. The first-order valence-corrected chi connectivity index (χ1v) is 5.26.